The van der Waals surface area contributed by atoms with Crippen molar-refractivity contribution >= 4 is 29.3 Å². The highest BCUT2D eigenvalue weighted by molar-refractivity contribution is 6.30. The Morgan fingerprint density at radius 3 is 2.68 bits per heavy atom. The van der Waals surface area contributed by atoms with E-state index in [1.54, 1.807) is 6.07 Å². The maximum Gasteiger partial charge on any atom is 0.354 e. The van der Waals surface area contributed by atoms with Crippen LogP contribution in [0, 0.1) is 0 Å². The molecule has 0 spiro atoms. The second kappa shape index (κ2) is 5.45. The number of nitrogens with one attached hydrogen (secondary N) is 1. The number of carboxylic acid groups (broad SMARTS) is 1. The first kappa shape index (κ1) is 13.0. The van der Waals surface area contributed by atoms with Crippen LogP contribution in [0.2, 0.25) is 5.02 Å². The molecule has 19 heavy (non-hydrogen) atoms. The zero-order chi connectivity index (χ0) is 13.8. The molecule has 0 aliphatic carbocycles. The van der Waals surface area contributed by atoms with Crippen molar-refractivity contribution in [3.8, 4) is 0 Å². The first-order chi connectivity index (χ1) is 9.06. The third-order valence-corrected chi connectivity index (χ3v) is 2.40. The molecule has 1 amide bonds. The molecule has 0 unspecified atom stereocenters. The molecule has 2 N–H and O–H groups in total. The molecule has 0 radical (unpaired) electrons. The number of rotatable bonds is 3. The van der Waals surface area contributed by atoms with E-state index in [9.17, 15) is 9.59 Å². The fourth-order valence-electron chi connectivity index (χ4n) is 1.33. The van der Waals surface area contributed by atoms with E-state index in [2.05, 4.69) is 15.3 Å². The van der Waals surface area contributed by atoms with Gasteiger partial charge in [0.1, 0.15) is 11.5 Å². The van der Waals surface area contributed by atoms with Crippen molar-refractivity contribution in [2.24, 2.45) is 0 Å². The van der Waals surface area contributed by atoms with Gasteiger partial charge in [0.15, 0.2) is 5.69 Å². The van der Waals surface area contributed by atoms with Gasteiger partial charge in [-0.25, -0.2) is 9.78 Å². The van der Waals surface area contributed by atoms with Crippen LogP contribution < -0.4 is 5.32 Å². The summed E-state index contributed by atoms with van der Waals surface area (Å²) in [4.78, 5) is 30.2. The third-order valence-electron chi connectivity index (χ3n) is 2.16. The fourth-order valence-corrected chi connectivity index (χ4v) is 1.49. The molecular formula is C12H8ClN3O3. The number of carbonyl (C=O) groups excluding carboxylic acids is 1. The summed E-state index contributed by atoms with van der Waals surface area (Å²) in [5.41, 5.74) is -0.0353. The molecule has 6 nitrogen and oxygen atoms in total. The number of amides is 1. The highest BCUT2D eigenvalue weighted by Crippen LogP contribution is 2.10. The molecule has 2 rings (SSSR count). The van der Waals surface area contributed by atoms with Crippen molar-refractivity contribution < 1.29 is 14.7 Å². The highest BCUT2D eigenvalue weighted by atomic mass is 35.5. The Morgan fingerprint density at radius 2 is 2.00 bits per heavy atom. The SMILES string of the molecule is O=C(O)c1cccc(NC(=O)c2cc(Cl)ccn2)n1. The summed E-state index contributed by atoms with van der Waals surface area (Å²) in [7, 11) is 0. The minimum atomic E-state index is -1.17. The number of hydrogen-bond acceptors (Lipinski definition) is 4. The van der Waals surface area contributed by atoms with Gasteiger partial charge < -0.3 is 10.4 Å². The minimum absolute atomic E-state index is 0.120. The monoisotopic (exact) mass is 277 g/mol. The van der Waals surface area contributed by atoms with E-state index in [1.165, 1.54) is 30.5 Å². The summed E-state index contributed by atoms with van der Waals surface area (Å²) in [6.45, 7) is 0. The average Bonchev–Trinajstić information content (AvgIpc) is 2.39. The van der Waals surface area contributed by atoms with Crippen molar-refractivity contribution in [2.75, 3.05) is 5.32 Å². The van der Waals surface area contributed by atoms with Crippen molar-refractivity contribution in [3.63, 3.8) is 0 Å². The number of pyridine rings is 2. The molecule has 0 aliphatic rings. The van der Waals surface area contributed by atoms with E-state index in [0.717, 1.165) is 0 Å². The Kier molecular flexibility index (Phi) is 3.72. The Bertz CT molecular complexity index is 646. The molecule has 0 bridgehead atoms. The maximum atomic E-state index is 11.8. The van der Waals surface area contributed by atoms with Gasteiger partial charge in [0.05, 0.1) is 0 Å². The molecule has 2 aromatic heterocycles. The first-order valence-corrected chi connectivity index (χ1v) is 5.57. The number of halogens is 1. The van der Waals surface area contributed by atoms with Crippen LogP contribution in [-0.2, 0) is 0 Å². The molecule has 0 aliphatic heterocycles. The predicted octanol–water partition coefficient (Wildman–Crippen LogP) is 2.08. The number of nitrogens with zero attached hydrogens (tertiary/aromatic N) is 2. The average molecular weight is 278 g/mol. The lowest BCUT2D eigenvalue weighted by molar-refractivity contribution is 0.0690. The molecular weight excluding hydrogens is 270 g/mol. The molecule has 0 fully saturated rings. The van der Waals surface area contributed by atoms with Crippen LogP contribution in [0.3, 0.4) is 0 Å². The number of aromatic nitrogens is 2. The van der Waals surface area contributed by atoms with Gasteiger partial charge in [-0.2, -0.15) is 0 Å². The van der Waals surface area contributed by atoms with Crippen molar-refractivity contribution in [3.05, 3.63) is 52.9 Å². The van der Waals surface area contributed by atoms with Gasteiger partial charge in [0, 0.05) is 11.2 Å². The van der Waals surface area contributed by atoms with E-state index in [1.807, 2.05) is 0 Å². The maximum absolute atomic E-state index is 11.8. The summed E-state index contributed by atoms with van der Waals surface area (Å²) in [6.07, 6.45) is 1.40. The van der Waals surface area contributed by atoms with E-state index in [0.29, 0.717) is 5.02 Å². The molecule has 96 valence electrons. The smallest absolute Gasteiger partial charge is 0.354 e. The lowest BCUT2D eigenvalue weighted by Gasteiger charge is -2.04. The quantitative estimate of drug-likeness (QED) is 0.896. The normalized spacial score (nSPS) is 9.95. The summed E-state index contributed by atoms with van der Waals surface area (Å²) >= 11 is 5.75. The van der Waals surface area contributed by atoms with Crippen molar-refractivity contribution in [1.82, 2.24) is 9.97 Å². The summed E-state index contributed by atoms with van der Waals surface area (Å²) in [5, 5.41) is 11.6. The van der Waals surface area contributed by atoms with Crippen molar-refractivity contribution in [2.45, 2.75) is 0 Å². The Hall–Kier alpha value is -2.47. The topological polar surface area (TPSA) is 92.2 Å². The van der Waals surface area contributed by atoms with Crippen LogP contribution in [0.15, 0.2) is 36.5 Å². The van der Waals surface area contributed by atoms with E-state index in [4.69, 9.17) is 16.7 Å². The first-order valence-electron chi connectivity index (χ1n) is 5.19. The van der Waals surface area contributed by atoms with Gasteiger partial charge in [0.25, 0.3) is 5.91 Å². The van der Waals surface area contributed by atoms with Crippen LogP contribution in [0.5, 0.6) is 0 Å². The molecule has 0 saturated heterocycles. The number of carbonyl (C=O) groups is 2. The zero-order valence-electron chi connectivity index (χ0n) is 9.50. The molecule has 7 heteroatoms. The van der Waals surface area contributed by atoms with E-state index >= 15 is 0 Å². The molecule has 0 aromatic carbocycles. The summed E-state index contributed by atoms with van der Waals surface area (Å²) < 4.78 is 0. The van der Waals surface area contributed by atoms with Crippen LogP contribution in [0.4, 0.5) is 5.82 Å². The van der Waals surface area contributed by atoms with Gasteiger partial charge in [-0.3, -0.25) is 9.78 Å². The van der Waals surface area contributed by atoms with E-state index in [-0.39, 0.29) is 17.2 Å². The van der Waals surface area contributed by atoms with Crippen LogP contribution in [-0.4, -0.2) is 27.0 Å². The van der Waals surface area contributed by atoms with Crippen LogP contribution in [0.1, 0.15) is 21.0 Å². The van der Waals surface area contributed by atoms with Crippen LogP contribution in [0.25, 0.3) is 0 Å². The standard InChI is InChI=1S/C12H8ClN3O3/c13-7-4-5-14-9(6-7)11(17)16-10-3-1-2-8(15-10)12(18)19/h1-6H,(H,18,19)(H,15,16,17). The second-order valence-electron chi connectivity index (χ2n) is 3.53. The van der Waals surface area contributed by atoms with E-state index < -0.39 is 11.9 Å². The largest absolute Gasteiger partial charge is 0.477 e. The lowest BCUT2D eigenvalue weighted by atomic mass is 10.3. The van der Waals surface area contributed by atoms with Gasteiger partial charge in [-0.1, -0.05) is 17.7 Å². The predicted molar refractivity (Wildman–Crippen MR) is 68.4 cm³/mol. The number of anilines is 1. The van der Waals surface area contributed by atoms with Gasteiger partial charge in [-0.05, 0) is 24.3 Å². The Morgan fingerprint density at radius 1 is 1.21 bits per heavy atom. The number of hydrogen-bond donors (Lipinski definition) is 2. The lowest BCUT2D eigenvalue weighted by Crippen LogP contribution is -2.15. The fraction of sp³-hybridized carbons (Fsp3) is 0. The van der Waals surface area contributed by atoms with Crippen molar-refractivity contribution in [1.29, 1.82) is 0 Å². The summed E-state index contributed by atoms with van der Waals surface area (Å²) in [6, 6.07) is 7.24. The van der Waals surface area contributed by atoms with Gasteiger partial charge in [-0.15, -0.1) is 0 Å². The van der Waals surface area contributed by atoms with Gasteiger partial charge >= 0.3 is 5.97 Å². The molecule has 0 atom stereocenters. The van der Waals surface area contributed by atoms with Crippen LogP contribution >= 0.6 is 11.6 Å². The number of carboxylic acids is 1. The van der Waals surface area contributed by atoms with Gasteiger partial charge in [0.2, 0.25) is 0 Å². The molecule has 2 heterocycles. The highest BCUT2D eigenvalue weighted by Gasteiger charge is 2.10. The minimum Gasteiger partial charge on any atom is -0.477 e. The second-order valence-corrected chi connectivity index (χ2v) is 3.96. The molecule has 0 saturated carbocycles. The summed E-state index contributed by atoms with van der Waals surface area (Å²) in [5.74, 6) is -1.55. The number of aromatic carboxylic acids is 1. The molecule has 2 aromatic rings. The Balaban J connectivity index is 2.19. The zero-order valence-corrected chi connectivity index (χ0v) is 10.3. The third kappa shape index (κ3) is 3.26. The Labute approximate surface area is 113 Å².